The normalized spacial score (nSPS) is 32.4. The molecule has 0 radical (unpaired) electrons. The number of nitrogens with one attached hydrogen (secondary N) is 1. The first kappa shape index (κ1) is 13.8. The maximum absolute atomic E-state index is 11.7. The Hall–Kier alpha value is -0.610. The Balaban J connectivity index is 1.54. The van der Waals surface area contributed by atoms with Gasteiger partial charge in [0, 0.05) is 25.6 Å². The zero-order chi connectivity index (χ0) is 12.8. The number of hydrogen-bond donors (Lipinski definition) is 2. The average molecular weight is 254 g/mol. The Bertz CT molecular complexity index is 254. The maximum Gasteiger partial charge on any atom is 0.220 e. The van der Waals surface area contributed by atoms with Gasteiger partial charge in [-0.15, -0.1) is 0 Å². The van der Waals surface area contributed by atoms with Crippen molar-refractivity contribution in [1.82, 2.24) is 5.32 Å². The van der Waals surface area contributed by atoms with Crippen LogP contribution in [0.5, 0.6) is 0 Å². The standard InChI is InChI=1S/C14H26N2O2/c15-12-5-4-11(9-12)10-16-14(17)7-6-13-3-1-2-8-18-13/h11-13H,1-10,15H2,(H,16,17). The summed E-state index contributed by atoms with van der Waals surface area (Å²) in [7, 11) is 0. The minimum absolute atomic E-state index is 0.171. The molecule has 0 aromatic rings. The predicted octanol–water partition coefficient (Wildman–Crippen LogP) is 1.58. The highest BCUT2D eigenvalue weighted by atomic mass is 16.5. The van der Waals surface area contributed by atoms with Gasteiger partial charge in [-0.3, -0.25) is 4.79 Å². The van der Waals surface area contributed by atoms with Crippen LogP contribution >= 0.6 is 0 Å². The monoisotopic (exact) mass is 254 g/mol. The van der Waals surface area contributed by atoms with E-state index in [1.54, 1.807) is 0 Å². The van der Waals surface area contributed by atoms with Gasteiger partial charge in [-0.2, -0.15) is 0 Å². The van der Waals surface area contributed by atoms with Gasteiger partial charge in [-0.25, -0.2) is 0 Å². The summed E-state index contributed by atoms with van der Waals surface area (Å²) in [5, 5.41) is 3.03. The van der Waals surface area contributed by atoms with Crippen LogP contribution in [-0.2, 0) is 9.53 Å². The molecule has 1 saturated heterocycles. The van der Waals surface area contributed by atoms with E-state index in [0.29, 0.717) is 24.5 Å². The molecule has 18 heavy (non-hydrogen) atoms. The third-order valence-electron chi connectivity index (χ3n) is 4.14. The van der Waals surface area contributed by atoms with Gasteiger partial charge in [-0.05, 0) is 50.9 Å². The predicted molar refractivity (Wildman–Crippen MR) is 71.2 cm³/mol. The van der Waals surface area contributed by atoms with Crippen LogP contribution < -0.4 is 11.1 Å². The second-order valence-electron chi connectivity index (χ2n) is 5.77. The summed E-state index contributed by atoms with van der Waals surface area (Å²) in [6.45, 7) is 1.67. The summed E-state index contributed by atoms with van der Waals surface area (Å²) in [6, 6.07) is 0.350. The Morgan fingerprint density at radius 1 is 1.28 bits per heavy atom. The van der Waals surface area contributed by atoms with Crippen LogP contribution in [0.25, 0.3) is 0 Å². The van der Waals surface area contributed by atoms with Crippen LogP contribution in [0.2, 0.25) is 0 Å². The van der Waals surface area contributed by atoms with Crippen LogP contribution in [0.1, 0.15) is 51.4 Å². The molecule has 4 heteroatoms. The summed E-state index contributed by atoms with van der Waals surface area (Å²) in [6.07, 6.45) is 8.64. The SMILES string of the molecule is NC1CCC(CNC(=O)CCC2CCCCO2)C1. The molecule has 1 amide bonds. The highest BCUT2D eigenvalue weighted by Crippen LogP contribution is 2.23. The van der Waals surface area contributed by atoms with E-state index >= 15 is 0 Å². The number of rotatable bonds is 5. The van der Waals surface area contributed by atoms with E-state index in [9.17, 15) is 4.79 Å². The zero-order valence-corrected chi connectivity index (χ0v) is 11.2. The van der Waals surface area contributed by atoms with Gasteiger partial charge in [0.2, 0.25) is 5.91 Å². The van der Waals surface area contributed by atoms with Gasteiger partial charge in [0.1, 0.15) is 0 Å². The van der Waals surface area contributed by atoms with Crippen molar-refractivity contribution in [2.75, 3.05) is 13.2 Å². The quantitative estimate of drug-likeness (QED) is 0.783. The van der Waals surface area contributed by atoms with E-state index in [0.717, 1.165) is 45.3 Å². The number of ether oxygens (including phenoxy) is 1. The third kappa shape index (κ3) is 4.58. The topological polar surface area (TPSA) is 64.3 Å². The van der Waals surface area contributed by atoms with E-state index in [4.69, 9.17) is 10.5 Å². The molecule has 2 aliphatic rings. The fourth-order valence-electron chi connectivity index (χ4n) is 2.97. The molecule has 2 fully saturated rings. The van der Waals surface area contributed by atoms with Gasteiger partial charge < -0.3 is 15.8 Å². The molecule has 104 valence electrons. The molecule has 1 saturated carbocycles. The highest BCUT2D eigenvalue weighted by Gasteiger charge is 2.22. The van der Waals surface area contributed by atoms with E-state index < -0.39 is 0 Å². The fraction of sp³-hybridized carbons (Fsp3) is 0.929. The molecule has 0 aromatic heterocycles. The van der Waals surface area contributed by atoms with Crippen molar-refractivity contribution in [3.63, 3.8) is 0 Å². The molecule has 3 unspecified atom stereocenters. The van der Waals surface area contributed by atoms with Gasteiger partial charge in [0.25, 0.3) is 0 Å². The van der Waals surface area contributed by atoms with Crippen LogP contribution in [0.4, 0.5) is 0 Å². The van der Waals surface area contributed by atoms with Gasteiger partial charge in [0.15, 0.2) is 0 Å². The molecule has 0 aromatic carbocycles. The minimum Gasteiger partial charge on any atom is -0.378 e. The van der Waals surface area contributed by atoms with Crippen LogP contribution in [0.3, 0.4) is 0 Å². The lowest BCUT2D eigenvalue weighted by Gasteiger charge is -2.22. The smallest absolute Gasteiger partial charge is 0.220 e. The molecule has 1 aliphatic heterocycles. The molecule has 0 spiro atoms. The average Bonchev–Trinajstić information content (AvgIpc) is 2.81. The van der Waals surface area contributed by atoms with E-state index in [-0.39, 0.29) is 5.91 Å². The van der Waals surface area contributed by atoms with Crippen LogP contribution in [0.15, 0.2) is 0 Å². The molecule has 1 aliphatic carbocycles. The van der Waals surface area contributed by atoms with E-state index in [2.05, 4.69) is 5.32 Å². The molecule has 2 rings (SSSR count). The van der Waals surface area contributed by atoms with E-state index in [1.165, 1.54) is 12.8 Å². The summed E-state index contributed by atoms with van der Waals surface area (Å²) in [5.41, 5.74) is 5.86. The van der Waals surface area contributed by atoms with Gasteiger partial charge >= 0.3 is 0 Å². The number of hydrogen-bond acceptors (Lipinski definition) is 3. The van der Waals surface area contributed by atoms with Crippen molar-refractivity contribution >= 4 is 5.91 Å². The maximum atomic E-state index is 11.7. The van der Waals surface area contributed by atoms with Crippen molar-refractivity contribution < 1.29 is 9.53 Å². The number of carbonyl (C=O) groups is 1. The van der Waals surface area contributed by atoms with Crippen molar-refractivity contribution in [2.24, 2.45) is 11.7 Å². The summed E-state index contributed by atoms with van der Waals surface area (Å²) in [4.78, 5) is 11.7. The lowest BCUT2D eigenvalue weighted by molar-refractivity contribution is -0.122. The van der Waals surface area contributed by atoms with Crippen molar-refractivity contribution in [1.29, 1.82) is 0 Å². The van der Waals surface area contributed by atoms with Crippen molar-refractivity contribution in [3.8, 4) is 0 Å². The molecule has 4 nitrogen and oxygen atoms in total. The second-order valence-corrected chi connectivity index (χ2v) is 5.77. The fourth-order valence-corrected chi connectivity index (χ4v) is 2.97. The molecular weight excluding hydrogens is 228 g/mol. The molecule has 1 heterocycles. The first-order valence-corrected chi connectivity index (χ1v) is 7.38. The summed E-state index contributed by atoms with van der Waals surface area (Å²) in [5.74, 6) is 0.763. The number of nitrogens with two attached hydrogens (primary N) is 1. The van der Waals surface area contributed by atoms with Crippen molar-refractivity contribution in [2.45, 2.75) is 63.5 Å². The highest BCUT2D eigenvalue weighted by molar-refractivity contribution is 5.75. The molecule has 3 N–H and O–H groups in total. The molecule has 0 bridgehead atoms. The van der Waals surface area contributed by atoms with Gasteiger partial charge in [0.05, 0.1) is 6.10 Å². The molecular formula is C14H26N2O2. The summed E-state index contributed by atoms with van der Waals surface area (Å²) >= 11 is 0. The number of carbonyl (C=O) groups excluding carboxylic acids is 1. The zero-order valence-electron chi connectivity index (χ0n) is 11.2. The lowest BCUT2D eigenvalue weighted by Crippen LogP contribution is -2.30. The van der Waals surface area contributed by atoms with Gasteiger partial charge in [-0.1, -0.05) is 0 Å². The summed E-state index contributed by atoms with van der Waals surface area (Å²) < 4.78 is 5.62. The molecule has 3 atom stereocenters. The first-order chi connectivity index (χ1) is 8.74. The van der Waals surface area contributed by atoms with Crippen molar-refractivity contribution in [3.05, 3.63) is 0 Å². The van der Waals surface area contributed by atoms with E-state index in [1.807, 2.05) is 0 Å². The third-order valence-corrected chi connectivity index (χ3v) is 4.14. The minimum atomic E-state index is 0.171. The Morgan fingerprint density at radius 3 is 2.83 bits per heavy atom. The van der Waals surface area contributed by atoms with Crippen LogP contribution in [0, 0.1) is 5.92 Å². The Labute approximate surface area is 110 Å². The van der Waals surface area contributed by atoms with Crippen LogP contribution in [-0.4, -0.2) is 31.2 Å². The largest absolute Gasteiger partial charge is 0.378 e. The lowest BCUT2D eigenvalue weighted by atomic mass is 10.0. The second kappa shape index (κ2) is 7.10. The first-order valence-electron chi connectivity index (χ1n) is 7.38. The Morgan fingerprint density at radius 2 is 2.17 bits per heavy atom. The Kier molecular flexibility index (Phi) is 5.45. The number of amides is 1.